The first kappa shape index (κ1) is 8.77. The summed E-state index contributed by atoms with van der Waals surface area (Å²) in [5.74, 6) is 1.24. The highest BCUT2D eigenvalue weighted by atomic mass is 15.1. The summed E-state index contributed by atoms with van der Waals surface area (Å²) < 4.78 is 0. The molecule has 0 fully saturated rings. The zero-order chi connectivity index (χ0) is 9.19. The van der Waals surface area contributed by atoms with Gasteiger partial charge in [-0.3, -0.25) is 0 Å². The van der Waals surface area contributed by atoms with Crippen LogP contribution in [0.25, 0.3) is 0 Å². The summed E-state index contributed by atoms with van der Waals surface area (Å²) in [6.07, 6.45) is 1.45. The molecule has 1 aromatic rings. The van der Waals surface area contributed by atoms with Crippen LogP contribution < -0.4 is 11.1 Å². The van der Waals surface area contributed by atoms with Crippen molar-refractivity contribution in [2.45, 2.75) is 26.3 Å². The van der Waals surface area contributed by atoms with Crippen LogP contribution in [0, 0.1) is 0 Å². The fraction of sp³-hybridized carbons (Fsp3) is 0.500. The van der Waals surface area contributed by atoms with Gasteiger partial charge in [-0.25, -0.2) is 9.97 Å². The van der Waals surface area contributed by atoms with Crippen molar-refractivity contribution in [2.24, 2.45) is 0 Å². The monoisotopic (exact) mass is 166 g/mol. The molecule has 0 spiro atoms. The molecule has 0 aliphatic rings. The number of rotatable bonds is 1. The molecule has 1 heterocycles. The fourth-order valence-corrected chi connectivity index (χ4v) is 0.825. The van der Waals surface area contributed by atoms with E-state index >= 15 is 0 Å². The Kier molecular flexibility index (Phi) is 2.17. The van der Waals surface area contributed by atoms with E-state index in [0.717, 1.165) is 5.82 Å². The Hall–Kier alpha value is -1.32. The molecule has 0 amide bonds. The molecular formula is C8H14N4. The van der Waals surface area contributed by atoms with Gasteiger partial charge in [0, 0.05) is 11.6 Å². The van der Waals surface area contributed by atoms with Crippen LogP contribution in [0.15, 0.2) is 12.4 Å². The molecule has 66 valence electrons. The van der Waals surface area contributed by atoms with Gasteiger partial charge in [0.25, 0.3) is 0 Å². The molecule has 0 aliphatic carbocycles. The Balaban J connectivity index is 2.77. The van der Waals surface area contributed by atoms with E-state index in [9.17, 15) is 0 Å². The predicted molar refractivity (Wildman–Crippen MR) is 49.8 cm³/mol. The van der Waals surface area contributed by atoms with Crippen molar-refractivity contribution in [1.82, 2.24) is 9.97 Å². The average Bonchev–Trinajstić information content (AvgIpc) is 1.82. The Labute approximate surface area is 72.2 Å². The van der Waals surface area contributed by atoms with Gasteiger partial charge in [0.2, 0.25) is 0 Å². The van der Waals surface area contributed by atoms with E-state index in [4.69, 9.17) is 5.73 Å². The number of aromatic nitrogens is 2. The third-order valence-corrected chi connectivity index (χ3v) is 1.19. The van der Waals surface area contributed by atoms with Crippen molar-refractivity contribution in [3.05, 3.63) is 12.4 Å². The summed E-state index contributed by atoms with van der Waals surface area (Å²) in [7, 11) is 0. The van der Waals surface area contributed by atoms with Crippen molar-refractivity contribution in [3.8, 4) is 0 Å². The Bertz CT molecular complexity index is 264. The van der Waals surface area contributed by atoms with Gasteiger partial charge in [-0.2, -0.15) is 0 Å². The molecule has 4 heteroatoms. The highest BCUT2D eigenvalue weighted by Gasteiger charge is 2.09. The first-order chi connectivity index (χ1) is 5.47. The van der Waals surface area contributed by atoms with E-state index in [1.54, 1.807) is 6.07 Å². The standard InChI is InChI=1S/C8H14N4/c1-8(2,3)12-7-4-6(9)10-5-11-7/h4-5H,1-3H3,(H3,9,10,11,12). The second-order valence-electron chi connectivity index (χ2n) is 3.70. The molecule has 0 aliphatic heterocycles. The third kappa shape index (κ3) is 2.74. The average molecular weight is 166 g/mol. The van der Waals surface area contributed by atoms with Gasteiger partial charge in [-0.15, -0.1) is 0 Å². The van der Waals surface area contributed by atoms with Crippen molar-refractivity contribution in [1.29, 1.82) is 0 Å². The van der Waals surface area contributed by atoms with Gasteiger partial charge in [0.05, 0.1) is 0 Å². The van der Waals surface area contributed by atoms with E-state index < -0.39 is 0 Å². The maximum atomic E-state index is 5.49. The summed E-state index contributed by atoms with van der Waals surface area (Å²) >= 11 is 0. The van der Waals surface area contributed by atoms with Crippen LogP contribution in [0.5, 0.6) is 0 Å². The summed E-state index contributed by atoms with van der Waals surface area (Å²) in [5, 5.41) is 3.19. The minimum Gasteiger partial charge on any atom is -0.384 e. The molecule has 0 atom stereocenters. The number of nitrogen functional groups attached to an aromatic ring is 1. The maximum absolute atomic E-state index is 5.49. The highest BCUT2D eigenvalue weighted by Crippen LogP contribution is 2.11. The first-order valence-electron chi connectivity index (χ1n) is 3.83. The topological polar surface area (TPSA) is 63.8 Å². The molecule has 0 bridgehead atoms. The van der Waals surface area contributed by atoms with E-state index in [1.165, 1.54) is 6.33 Å². The van der Waals surface area contributed by atoms with E-state index in [2.05, 4.69) is 36.1 Å². The van der Waals surface area contributed by atoms with Crippen LogP contribution in [-0.4, -0.2) is 15.5 Å². The van der Waals surface area contributed by atoms with Crippen LogP contribution in [0.2, 0.25) is 0 Å². The summed E-state index contributed by atoms with van der Waals surface area (Å²) in [6, 6.07) is 1.71. The zero-order valence-electron chi connectivity index (χ0n) is 7.63. The van der Waals surface area contributed by atoms with E-state index in [1.807, 2.05) is 0 Å². The van der Waals surface area contributed by atoms with E-state index in [0.29, 0.717) is 5.82 Å². The Morgan fingerprint density at radius 2 is 2.00 bits per heavy atom. The minimum atomic E-state index is 0.000787. The lowest BCUT2D eigenvalue weighted by Gasteiger charge is -2.20. The van der Waals surface area contributed by atoms with Gasteiger partial charge in [0.15, 0.2) is 0 Å². The van der Waals surface area contributed by atoms with Crippen LogP contribution in [0.4, 0.5) is 11.6 Å². The number of nitrogens with one attached hydrogen (secondary N) is 1. The number of nitrogens with two attached hydrogens (primary N) is 1. The zero-order valence-corrected chi connectivity index (χ0v) is 7.63. The Morgan fingerprint density at radius 1 is 1.33 bits per heavy atom. The lowest BCUT2D eigenvalue weighted by molar-refractivity contribution is 0.630. The summed E-state index contributed by atoms with van der Waals surface area (Å²) in [6.45, 7) is 6.18. The molecule has 4 nitrogen and oxygen atoms in total. The summed E-state index contributed by atoms with van der Waals surface area (Å²) in [4.78, 5) is 7.82. The molecule has 0 saturated carbocycles. The SMILES string of the molecule is CC(C)(C)Nc1cc(N)ncn1. The van der Waals surface area contributed by atoms with Crippen LogP contribution in [-0.2, 0) is 0 Å². The van der Waals surface area contributed by atoms with Crippen molar-refractivity contribution in [3.63, 3.8) is 0 Å². The van der Waals surface area contributed by atoms with Crippen molar-refractivity contribution >= 4 is 11.6 Å². The normalized spacial score (nSPS) is 11.2. The van der Waals surface area contributed by atoms with Crippen LogP contribution in [0.3, 0.4) is 0 Å². The largest absolute Gasteiger partial charge is 0.384 e. The second-order valence-corrected chi connectivity index (χ2v) is 3.70. The first-order valence-corrected chi connectivity index (χ1v) is 3.83. The number of nitrogens with zero attached hydrogens (tertiary/aromatic N) is 2. The second kappa shape index (κ2) is 2.97. The molecule has 0 unspecified atom stereocenters. The molecular weight excluding hydrogens is 152 g/mol. The molecule has 12 heavy (non-hydrogen) atoms. The maximum Gasteiger partial charge on any atom is 0.131 e. The number of hydrogen-bond acceptors (Lipinski definition) is 4. The third-order valence-electron chi connectivity index (χ3n) is 1.19. The van der Waals surface area contributed by atoms with Gasteiger partial charge in [0.1, 0.15) is 18.0 Å². The number of hydrogen-bond donors (Lipinski definition) is 2. The lowest BCUT2D eigenvalue weighted by Crippen LogP contribution is -2.26. The van der Waals surface area contributed by atoms with Crippen molar-refractivity contribution in [2.75, 3.05) is 11.1 Å². The van der Waals surface area contributed by atoms with Crippen LogP contribution in [0.1, 0.15) is 20.8 Å². The summed E-state index contributed by atoms with van der Waals surface area (Å²) in [5.41, 5.74) is 5.49. The minimum absolute atomic E-state index is 0.000787. The Morgan fingerprint density at radius 3 is 2.50 bits per heavy atom. The molecule has 0 saturated heterocycles. The molecule has 0 aromatic carbocycles. The predicted octanol–water partition coefficient (Wildman–Crippen LogP) is 1.27. The quantitative estimate of drug-likeness (QED) is 0.659. The molecule has 1 rings (SSSR count). The number of anilines is 2. The van der Waals surface area contributed by atoms with Gasteiger partial charge >= 0.3 is 0 Å². The lowest BCUT2D eigenvalue weighted by atomic mass is 10.1. The van der Waals surface area contributed by atoms with Gasteiger partial charge < -0.3 is 11.1 Å². The van der Waals surface area contributed by atoms with Gasteiger partial charge in [-0.1, -0.05) is 0 Å². The van der Waals surface area contributed by atoms with E-state index in [-0.39, 0.29) is 5.54 Å². The van der Waals surface area contributed by atoms with Crippen molar-refractivity contribution < 1.29 is 0 Å². The smallest absolute Gasteiger partial charge is 0.131 e. The van der Waals surface area contributed by atoms with Crippen LogP contribution >= 0.6 is 0 Å². The fourth-order valence-electron chi connectivity index (χ4n) is 0.825. The molecule has 3 N–H and O–H groups in total. The highest BCUT2D eigenvalue weighted by molar-refractivity contribution is 5.44. The van der Waals surface area contributed by atoms with Gasteiger partial charge in [-0.05, 0) is 20.8 Å². The molecule has 0 radical (unpaired) electrons. The molecule has 1 aromatic heterocycles.